The number of aryl methyl sites for hydroxylation is 1. The fourth-order valence-corrected chi connectivity index (χ4v) is 2.83. The van der Waals surface area contributed by atoms with Crippen LogP contribution in [0.5, 0.6) is 0 Å². The van der Waals surface area contributed by atoms with Crippen LogP contribution in [0.4, 0.5) is 16.2 Å². The molecule has 0 aromatic heterocycles. The van der Waals surface area contributed by atoms with Crippen LogP contribution in [0, 0.1) is 6.92 Å². The number of amides is 3. The average molecular weight is 323 g/mol. The highest BCUT2D eigenvalue weighted by molar-refractivity contribution is 5.97. The molecule has 0 unspecified atom stereocenters. The van der Waals surface area contributed by atoms with Gasteiger partial charge < -0.3 is 15.5 Å². The Morgan fingerprint density at radius 3 is 2.67 bits per heavy atom. The van der Waals surface area contributed by atoms with Crippen molar-refractivity contribution >= 4 is 23.3 Å². The van der Waals surface area contributed by atoms with Gasteiger partial charge in [0, 0.05) is 30.9 Å². The molecular weight excluding hydrogens is 302 g/mol. The van der Waals surface area contributed by atoms with E-state index in [2.05, 4.69) is 10.6 Å². The number of hydrogen-bond acceptors (Lipinski definition) is 2. The summed E-state index contributed by atoms with van der Waals surface area (Å²) in [6.07, 6.45) is 1.47. The summed E-state index contributed by atoms with van der Waals surface area (Å²) in [4.78, 5) is 25.8. The number of carbonyl (C=O) groups excluding carboxylic acids is 2. The van der Waals surface area contributed by atoms with Gasteiger partial charge in [0.2, 0.25) is 5.91 Å². The Morgan fingerprint density at radius 1 is 1.17 bits per heavy atom. The predicted octanol–water partition coefficient (Wildman–Crippen LogP) is 3.44. The molecule has 0 radical (unpaired) electrons. The van der Waals surface area contributed by atoms with Crippen LogP contribution >= 0.6 is 0 Å². The Hall–Kier alpha value is -2.82. The molecule has 5 heteroatoms. The molecule has 2 aromatic carbocycles. The molecule has 24 heavy (non-hydrogen) atoms. The van der Waals surface area contributed by atoms with Crippen molar-refractivity contribution in [2.45, 2.75) is 26.3 Å². The molecule has 2 aromatic rings. The summed E-state index contributed by atoms with van der Waals surface area (Å²) < 4.78 is 0. The Labute approximate surface area is 141 Å². The summed E-state index contributed by atoms with van der Waals surface area (Å²) in [7, 11) is 0. The number of hydrogen-bond donors (Lipinski definition) is 2. The minimum absolute atomic E-state index is 0.142. The minimum atomic E-state index is -0.263. The lowest BCUT2D eigenvalue weighted by Crippen LogP contribution is -2.28. The maximum Gasteiger partial charge on any atom is 0.319 e. The van der Waals surface area contributed by atoms with Crippen molar-refractivity contribution in [3.8, 4) is 0 Å². The summed E-state index contributed by atoms with van der Waals surface area (Å²) in [5, 5.41) is 5.66. The molecule has 3 rings (SSSR count). The molecule has 0 atom stereocenters. The molecule has 0 aliphatic carbocycles. The van der Waals surface area contributed by atoms with Crippen LogP contribution < -0.4 is 15.5 Å². The van der Waals surface area contributed by atoms with Crippen LogP contribution in [0.1, 0.15) is 24.0 Å². The maximum absolute atomic E-state index is 12.1. The molecular formula is C19H21N3O2. The Kier molecular flexibility index (Phi) is 4.79. The van der Waals surface area contributed by atoms with Gasteiger partial charge in [0.15, 0.2) is 0 Å². The minimum Gasteiger partial charge on any atom is -0.334 e. The topological polar surface area (TPSA) is 61.4 Å². The lowest BCUT2D eigenvalue weighted by molar-refractivity contribution is -0.117. The second kappa shape index (κ2) is 7.17. The van der Waals surface area contributed by atoms with Crippen LogP contribution in [-0.2, 0) is 11.3 Å². The zero-order chi connectivity index (χ0) is 16.9. The highest BCUT2D eigenvalue weighted by Gasteiger charge is 2.23. The van der Waals surface area contributed by atoms with E-state index in [-0.39, 0.29) is 11.9 Å². The summed E-state index contributed by atoms with van der Waals surface area (Å²) in [5.74, 6) is 0.142. The third-order valence-corrected chi connectivity index (χ3v) is 4.13. The summed E-state index contributed by atoms with van der Waals surface area (Å²) >= 11 is 0. The second-order valence-corrected chi connectivity index (χ2v) is 5.94. The fourth-order valence-electron chi connectivity index (χ4n) is 2.83. The molecule has 0 saturated carbocycles. The molecule has 0 spiro atoms. The molecule has 1 aliphatic rings. The van der Waals surface area contributed by atoms with E-state index in [1.807, 2.05) is 55.5 Å². The quantitative estimate of drug-likeness (QED) is 0.905. The van der Waals surface area contributed by atoms with Crippen molar-refractivity contribution in [3.05, 3.63) is 59.7 Å². The van der Waals surface area contributed by atoms with E-state index in [1.165, 1.54) is 0 Å². The zero-order valence-corrected chi connectivity index (χ0v) is 13.7. The van der Waals surface area contributed by atoms with Crippen LogP contribution in [-0.4, -0.2) is 18.5 Å². The van der Waals surface area contributed by atoms with E-state index in [4.69, 9.17) is 0 Å². The van der Waals surface area contributed by atoms with E-state index in [0.717, 1.165) is 29.8 Å². The van der Waals surface area contributed by atoms with E-state index in [0.29, 0.717) is 18.7 Å². The van der Waals surface area contributed by atoms with Gasteiger partial charge in [-0.1, -0.05) is 36.4 Å². The predicted molar refractivity (Wildman–Crippen MR) is 95.1 cm³/mol. The van der Waals surface area contributed by atoms with Crippen LogP contribution in [0.3, 0.4) is 0 Å². The van der Waals surface area contributed by atoms with Gasteiger partial charge in [0.1, 0.15) is 0 Å². The smallest absolute Gasteiger partial charge is 0.319 e. The van der Waals surface area contributed by atoms with E-state index in [9.17, 15) is 9.59 Å². The summed E-state index contributed by atoms with van der Waals surface area (Å²) in [5.41, 5.74) is 3.62. The summed E-state index contributed by atoms with van der Waals surface area (Å²) in [6, 6.07) is 15.1. The van der Waals surface area contributed by atoms with Gasteiger partial charge in [0.05, 0.1) is 0 Å². The van der Waals surface area contributed by atoms with Gasteiger partial charge in [-0.15, -0.1) is 0 Å². The number of rotatable bonds is 4. The van der Waals surface area contributed by atoms with Crippen LogP contribution in [0.25, 0.3) is 0 Å². The largest absolute Gasteiger partial charge is 0.334 e. The van der Waals surface area contributed by atoms with Gasteiger partial charge in [-0.25, -0.2) is 4.79 Å². The number of carbonyl (C=O) groups is 2. The molecule has 0 bridgehead atoms. The van der Waals surface area contributed by atoms with Crippen molar-refractivity contribution in [2.24, 2.45) is 0 Å². The first-order valence-electron chi connectivity index (χ1n) is 8.13. The average Bonchev–Trinajstić information content (AvgIpc) is 3.01. The third-order valence-electron chi connectivity index (χ3n) is 4.13. The van der Waals surface area contributed by atoms with Crippen molar-refractivity contribution in [1.29, 1.82) is 0 Å². The number of nitrogens with one attached hydrogen (secondary N) is 2. The molecule has 2 N–H and O–H groups in total. The zero-order valence-electron chi connectivity index (χ0n) is 13.7. The Morgan fingerprint density at radius 2 is 1.96 bits per heavy atom. The number of nitrogens with zero attached hydrogens (tertiary/aromatic N) is 1. The van der Waals surface area contributed by atoms with E-state index in [1.54, 1.807) is 4.90 Å². The van der Waals surface area contributed by atoms with Crippen molar-refractivity contribution in [3.63, 3.8) is 0 Å². The Bertz CT molecular complexity index is 744. The van der Waals surface area contributed by atoms with Crippen molar-refractivity contribution < 1.29 is 9.59 Å². The second-order valence-electron chi connectivity index (χ2n) is 5.94. The standard InChI is InChI=1S/C19H21N3O2/c1-14-9-10-16(12-17(14)22-11-5-8-18(22)23)21-19(24)20-13-15-6-3-2-4-7-15/h2-4,6-7,9-10,12H,5,8,11,13H2,1H3,(H2,20,21,24). The van der Waals surface area contributed by atoms with E-state index < -0.39 is 0 Å². The van der Waals surface area contributed by atoms with Crippen LogP contribution in [0.2, 0.25) is 0 Å². The highest BCUT2D eigenvalue weighted by Crippen LogP contribution is 2.28. The van der Waals surface area contributed by atoms with Gasteiger partial charge in [-0.2, -0.15) is 0 Å². The first kappa shape index (κ1) is 16.1. The molecule has 1 aliphatic heterocycles. The maximum atomic E-state index is 12.1. The Balaban J connectivity index is 1.64. The fraction of sp³-hybridized carbons (Fsp3) is 0.263. The molecule has 5 nitrogen and oxygen atoms in total. The SMILES string of the molecule is Cc1ccc(NC(=O)NCc2ccccc2)cc1N1CCCC1=O. The molecule has 1 heterocycles. The third kappa shape index (κ3) is 3.74. The summed E-state index contributed by atoms with van der Waals surface area (Å²) in [6.45, 7) is 3.18. The van der Waals surface area contributed by atoms with Crippen molar-refractivity contribution in [2.75, 3.05) is 16.8 Å². The van der Waals surface area contributed by atoms with Gasteiger partial charge in [-0.3, -0.25) is 4.79 Å². The molecule has 1 fully saturated rings. The normalized spacial score (nSPS) is 13.9. The molecule has 3 amide bonds. The molecule has 1 saturated heterocycles. The number of benzene rings is 2. The van der Waals surface area contributed by atoms with Gasteiger partial charge >= 0.3 is 6.03 Å². The lowest BCUT2D eigenvalue weighted by atomic mass is 10.1. The number of urea groups is 1. The molecule has 124 valence electrons. The van der Waals surface area contributed by atoms with Crippen molar-refractivity contribution in [1.82, 2.24) is 5.32 Å². The first-order chi connectivity index (χ1) is 11.6. The number of anilines is 2. The monoisotopic (exact) mass is 323 g/mol. The first-order valence-corrected chi connectivity index (χ1v) is 8.13. The highest BCUT2D eigenvalue weighted by atomic mass is 16.2. The van der Waals surface area contributed by atoms with Crippen LogP contribution in [0.15, 0.2) is 48.5 Å². The van der Waals surface area contributed by atoms with E-state index >= 15 is 0 Å². The van der Waals surface area contributed by atoms with Gasteiger partial charge in [0.25, 0.3) is 0 Å². The van der Waals surface area contributed by atoms with Gasteiger partial charge in [-0.05, 0) is 36.6 Å². The lowest BCUT2D eigenvalue weighted by Gasteiger charge is -2.19.